The highest BCUT2D eigenvalue weighted by Gasteiger charge is 2.52. The number of nitrogens with one attached hydrogen (secondary N) is 1. The molecule has 2 bridgehead atoms. The number of hydrogen-bond acceptors (Lipinski definition) is 3. The Kier molecular flexibility index (Phi) is 6.77. The van der Waals surface area contributed by atoms with E-state index in [1.54, 1.807) is 6.07 Å². The number of carboxylic acid groups (broad SMARTS) is 1. The van der Waals surface area contributed by atoms with Gasteiger partial charge < -0.3 is 15.2 Å². The monoisotopic (exact) mass is 487 g/mol. The number of halogens is 1. The van der Waals surface area contributed by atoms with Gasteiger partial charge in [0.1, 0.15) is 18.2 Å². The maximum atomic E-state index is 13.4. The average molecular weight is 488 g/mol. The van der Waals surface area contributed by atoms with Gasteiger partial charge in [-0.25, -0.2) is 4.39 Å². The minimum Gasteiger partial charge on any atom is -0.489 e. The third-order valence-corrected chi connectivity index (χ3v) is 7.80. The summed E-state index contributed by atoms with van der Waals surface area (Å²) in [5, 5.41) is 11.4. The Morgan fingerprint density at radius 2 is 1.72 bits per heavy atom. The first-order chi connectivity index (χ1) is 17.4. The molecule has 6 heteroatoms. The average Bonchev–Trinajstić information content (AvgIpc) is 3.50. The molecule has 3 aromatic rings. The Hall–Kier alpha value is -3.67. The lowest BCUT2D eigenvalue weighted by atomic mass is 9.64. The Bertz CT molecular complexity index is 1240. The fourth-order valence-electron chi connectivity index (χ4n) is 6.15. The van der Waals surface area contributed by atoms with Crippen LogP contribution in [-0.2, 0) is 16.8 Å². The smallest absolute Gasteiger partial charge is 0.305 e. The standard InChI is InChI=1S/C30H30FNO4/c31-26-3-1-2-21(17-26)19-36-27-12-10-24(11-13-27)30(18-20-4-7-25(30)16-20)23-8-5-22(6-9-23)29(35)32-15-14-28(33)34/h1-3,5-6,8-13,17,20,25H,4,7,14-16,18-19H2,(H,32,35)(H,33,34). The number of aliphatic carboxylic acids is 1. The van der Waals surface area contributed by atoms with E-state index in [1.807, 2.05) is 30.3 Å². The molecule has 5 nitrogen and oxygen atoms in total. The van der Waals surface area contributed by atoms with Crippen molar-refractivity contribution in [2.24, 2.45) is 11.8 Å². The molecule has 3 atom stereocenters. The summed E-state index contributed by atoms with van der Waals surface area (Å²) in [6, 6.07) is 22.5. The van der Waals surface area contributed by atoms with Crippen molar-refractivity contribution in [1.29, 1.82) is 0 Å². The summed E-state index contributed by atoms with van der Waals surface area (Å²) in [6.07, 6.45) is 4.67. The number of benzene rings is 3. The third-order valence-electron chi connectivity index (χ3n) is 7.80. The molecule has 2 N–H and O–H groups in total. The topological polar surface area (TPSA) is 75.6 Å². The van der Waals surface area contributed by atoms with Crippen LogP contribution in [0.25, 0.3) is 0 Å². The van der Waals surface area contributed by atoms with E-state index in [0.717, 1.165) is 17.7 Å². The highest BCUT2D eigenvalue weighted by molar-refractivity contribution is 5.94. The molecule has 0 aliphatic heterocycles. The Morgan fingerprint density at radius 3 is 2.33 bits per heavy atom. The lowest BCUT2D eigenvalue weighted by Gasteiger charge is -2.39. The molecule has 2 aliphatic carbocycles. The van der Waals surface area contributed by atoms with Gasteiger partial charge >= 0.3 is 5.97 Å². The van der Waals surface area contributed by atoms with E-state index in [0.29, 0.717) is 24.0 Å². The zero-order chi connectivity index (χ0) is 25.1. The Balaban J connectivity index is 1.34. The van der Waals surface area contributed by atoms with Crippen molar-refractivity contribution < 1.29 is 23.8 Å². The molecule has 0 radical (unpaired) electrons. The fourth-order valence-corrected chi connectivity index (χ4v) is 6.15. The van der Waals surface area contributed by atoms with Crippen LogP contribution in [0.1, 0.15) is 59.2 Å². The summed E-state index contributed by atoms with van der Waals surface area (Å²) in [4.78, 5) is 23.1. The maximum absolute atomic E-state index is 13.4. The van der Waals surface area contributed by atoms with Gasteiger partial charge in [0.15, 0.2) is 0 Å². The number of carbonyl (C=O) groups is 2. The number of carbonyl (C=O) groups excluding carboxylic acids is 1. The summed E-state index contributed by atoms with van der Waals surface area (Å²) in [6.45, 7) is 0.417. The van der Waals surface area contributed by atoms with E-state index in [4.69, 9.17) is 9.84 Å². The summed E-state index contributed by atoms with van der Waals surface area (Å²) in [7, 11) is 0. The normalized spacial score (nSPS) is 22.4. The molecule has 186 valence electrons. The molecule has 0 heterocycles. The minimum absolute atomic E-state index is 0.0949. The predicted molar refractivity (Wildman–Crippen MR) is 134 cm³/mol. The molecule has 3 aromatic carbocycles. The van der Waals surface area contributed by atoms with Gasteiger partial charge in [-0.15, -0.1) is 0 Å². The van der Waals surface area contributed by atoms with Crippen LogP contribution in [0.4, 0.5) is 4.39 Å². The number of ether oxygens (including phenoxy) is 1. The minimum atomic E-state index is -0.936. The number of rotatable bonds is 9. The van der Waals surface area contributed by atoms with Crippen LogP contribution < -0.4 is 10.1 Å². The van der Waals surface area contributed by atoms with Crippen LogP contribution in [0.2, 0.25) is 0 Å². The van der Waals surface area contributed by atoms with Crippen molar-refractivity contribution in [3.8, 4) is 5.75 Å². The highest BCUT2D eigenvalue weighted by Crippen LogP contribution is 2.60. The molecule has 2 aliphatic rings. The van der Waals surface area contributed by atoms with Crippen molar-refractivity contribution in [2.45, 2.75) is 44.1 Å². The van der Waals surface area contributed by atoms with Gasteiger partial charge in [0, 0.05) is 17.5 Å². The molecule has 5 rings (SSSR count). The zero-order valence-corrected chi connectivity index (χ0v) is 20.1. The van der Waals surface area contributed by atoms with Crippen LogP contribution in [-0.4, -0.2) is 23.5 Å². The van der Waals surface area contributed by atoms with Crippen LogP contribution in [0.3, 0.4) is 0 Å². The quantitative estimate of drug-likeness (QED) is 0.405. The van der Waals surface area contributed by atoms with E-state index in [9.17, 15) is 14.0 Å². The molecule has 0 saturated heterocycles. The van der Waals surface area contributed by atoms with Gasteiger partial charge in [0.2, 0.25) is 0 Å². The summed E-state index contributed by atoms with van der Waals surface area (Å²) < 4.78 is 19.4. The molecular formula is C30H30FNO4. The molecule has 2 fully saturated rings. The summed E-state index contributed by atoms with van der Waals surface area (Å²) in [5.41, 5.74) is 3.69. The summed E-state index contributed by atoms with van der Waals surface area (Å²) >= 11 is 0. The van der Waals surface area contributed by atoms with E-state index >= 15 is 0 Å². The van der Waals surface area contributed by atoms with Gasteiger partial charge in [-0.1, -0.05) is 42.8 Å². The summed E-state index contributed by atoms with van der Waals surface area (Å²) in [5.74, 6) is 0.539. The first-order valence-electron chi connectivity index (χ1n) is 12.5. The number of amides is 1. The highest BCUT2D eigenvalue weighted by atomic mass is 19.1. The van der Waals surface area contributed by atoms with Crippen LogP contribution >= 0.6 is 0 Å². The first-order valence-corrected chi connectivity index (χ1v) is 12.5. The van der Waals surface area contributed by atoms with E-state index in [1.165, 1.54) is 42.5 Å². The van der Waals surface area contributed by atoms with Crippen molar-refractivity contribution in [2.75, 3.05) is 6.54 Å². The Morgan fingerprint density at radius 1 is 1.00 bits per heavy atom. The number of hydrogen-bond donors (Lipinski definition) is 2. The van der Waals surface area contributed by atoms with Crippen molar-refractivity contribution >= 4 is 11.9 Å². The molecule has 3 unspecified atom stereocenters. The van der Waals surface area contributed by atoms with Crippen LogP contribution in [0.15, 0.2) is 72.8 Å². The van der Waals surface area contributed by atoms with Crippen LogP contribution in [0, 0.1) is 17.7 Å². The first kappa shape index (κ1) is 24.0. The van der Waals surface area contributed by atoms with Gasteiger partial charge in [-0.2, -0.15) is 0 Å². The number of carboxylic acids is 1. The SMILES string of the molecule is O=C(O)CCNC(=O)c1ccc(C2(c3ccc(OCc4cccc(F)c4)cc3)CC3CCC2C3)cc1. The second-order valence-electron chi connectivity index (χ2n) is 9.97. The van der Waals surface area contributed by atoms with E-state index in [-0.39, 0.29) is 30.1 Å². The van der Waals surface area contributed by atoms with E-state index in [2.05, 4.69) is 29.6 Å². The fraction of sp³-hybridized carbons (Fsp3) is 0.333. The Labute approximate surface area is 210 Å². The molecule has 36 heavy (non-hydrogen) atoms. The van der Waals surface area contributed by atoms with Crippen molar-refractivity contribution in [3.05, 3.63) is 101 Å². The van der Waals surface area contributed by atoms with Gasteiger partial charge in [0.25, 0.3) is 5.91 Å². The van der Waals surface area contributed by atoms with Gasteiger partial charge in [-0.05, 0) is 84.2 Å². The lowest BCUT2D eigenvalue weighted by Crippen LogP contribution is -2.34. The van der Waals surface area contributed by atoms with Crippen LogP contribution in [0.5, 0.6) is 5.75 Å². The molecule has 0 spiro atoms. The van der Waals surface area contributed by atoms with Gasteiger partial charge in [-0.3, -0.25) is 9.59 Å². The molecule has 2 saturated carbocycles. The third kappa shape index (κ3) is 4.85. The predicted octanol–water partition coefficient (Wildman–Crippen LogP) is 5.72. The number of fused-ring (bicyclic) bond motifs is 2. The van der Waals surface area contributed by atoms with Crippen molar-refractivity contribution in [3.63, 3.8) is 0 Å². The second kappa shape index (κ2) is 10.1. The molecule has 1 amide bonds. The largest absolute Gasteiger partial charge is 0.489 e. The second-order valence-corrected chi connectivity index (χ2v) is 9.97. The molecular weight excluding hydrogens is 457 g/mol. The zero-order valence-electron chi connectivity index (χ0n) is 20.1. The lowest BCUT2D eigenvalue weighted by molar-refractivity contribution is -0.136. The van der Waals surface area contributed by atoms with E-state index < -0.39 is 5.97 Å². The maximum Gasteiger partial charge on any atom is 0.305 e. The molecule has 0 aromatic heterocycles. The van der Waals surface area contributed by atoms with Gasteiger partial charge in [0.05, 0.1) is 6.42 Å². The van der Waals surface area contributed by atoms with Crippen molar-refractivity contribution in [1.82, 2.24) is 5.32 Å².